The van der Waals surface area contributed by atoms with Gasteiger partial charge in [-0.3, -0.25) is 4.79 Å². The Morgan fingerprint density at radius 1 is 1.26 bits per heavy atom. The van der Waals surface area contributed by atoms with Crippen molar-refractivity contribution >= 4 is 23.2 Å². The number of fused-ring (bicyclic) bond motifs is 2. The third-order valence-electron chi connectivity index (χ3n) is 4.57. The molecule has 2 heterocycles. The van der Waals surface area contributed by atoms with Crippen LogP contribution in [-0.2, 0) is 10.3 Å². The van der Waals surface area contributed by atoms with Crippen LogP contribution < -0.4 is 10.6 Å². The molecule has 2 aromatic rings. The minimum atomic E-state index is -0.194. The standard InChI is InChI=1S/C18H17ClN2O2/c19-14-3-1-2-12(8-14)17(22)21-15-6-4-13(5-7-15)18-9-16(10-23-18)20-11-18/h1-8,16,20H,9-11H2,(H,21,22)/t16-,18-/m0/s1. The molecule has 4 nitrogen and oxygen atoms in total. The molecule has 2 fully saturated rings. The largest absolute Gasteiger partial charge is 0.367 e. The van der Waals surface area contributed by atoms with E-state index in [-0.39, 0.29) is 11.5 Å². The van der Waals surface area contributed by atoms with Gasteiger partial charge in [0.15, 0.2) is 0 Å². The summed E-state index contributed by atoms with van der Waals surface area (Å²) in [6, 6.07) is 15.3. The lowest BCUT2D eigenvalue weighted by molar-refractivity contribution is -0.00957. The molecule has 0 radical (unpaired) electrons. The van der Waals surface area contributed by atoms with Gasteiger partial charge in [-0.05, 0) is 42.3 Å². The van der Waals surface area contributed by atoms with Crippen LogP contribution in [0.4, 0.5) is 5.69 Å². The Balaban J connectivity index is 1.49. The van der Waals surface area contributed by atoms with Crippen LogP contribution in [0.2, 0.25) is 5.02 Å². The Morgan fingerprint density at radius 2 is 2.09 bits per heavy atom. The van der Waals surface area contributed by atoms with E-state index in [0.717, 1.165) is 30.8 Å². The third kappa shape index (κ3) is 2.74. The maximum Gasteiger partial charge on any atom is 0.255 e. The van der Waals surface area contributed by atoms with Crippen molar-refractivity contribution in [3.8, 4) is 0 Å². The van der Waals surface area contributed by atoms with E-state index in [0.29, 0.717) is 16.6 Å². The second-order valence-corrected chi connectivity index (χ2v) is 6.57. The minimum Gasteiger partial charge on any atom is -0.367 e. The van der Waals surface area contributed by atoms with Crippen molar-refractivity contribution in [1.29, 1.82) is 0 Å². The Hall–Kier alpha value is -1.88. The lowest BCUT2D eigenvalue weighted by atomic mass is 9.93. The van der Waals surface area contributed by atoms with Gasteiger partial charge in [-0.15, -0.1) is 0 Å². The Bertz CT molecular complexity index is 737. The Kier molecular flexibility index (Phi) is 3.60. The maximum absolute atomic E-state index is 12.2. The van der Waals surface area contributed by atoms with Crippen molar-refractivity contribution in [2.24, 2.45) is 0 Å². The number of carbonyl (C=O) groups is 1. The SMILES string of the molecule is O=C(Nc1ccc([C@]23CN[C@H](CO2)C3)cc1)c1cccc(Cl)c1. The second kappa shape index (κ2) is 5.64. The predicted octanol–water partition coefficient (Wildman–Crippen LogP) is 3.18. The summed E-state index contributed by atoms with van der Waals surface area (Å²) < 4.78 is 5.96. The highest BCUT2D eigenvalue weighted by molar-refractivity contribution is 6.31. The lowest BCUT2D eigenvalue weighted by Crippen LogP contribution is -2.37. The lowest BCUT2D eigenvalue weighted by Gasteiger charge is -2.27. The van der Waals surface area contributed by atoms with Crippen molar-refractivity contribution in [1.82, 2.24) is 5.32 Å². The van der Waals surface area contributed by atoms with Gasteiger partial charge < -0.3 is 15.4 Å². The fourth-order valence-electron chi connectivity index (χ4n) is 3.33. The average Bonchev–Trinajstić information content (AvgIpc) is 3.17. The van der Waals surface area contributed by atoms with Crippen LogP contribution in [0.5, 0.6) is 0 Å². The molecule has 2 aliphatic rings. The van der Waals surface area contributed by atoms with Gasteiger partial charge in [0.2, 0.25) is 0 Å². The molecule has 2 aromatic carbocycles. The van der Waals surface area contributed by atoms with Gasteiger partial charge >= 0.3 is 0 Å². The van der Waals surface area contributed by atoms with Crippen LogP contribution in [0.3, 0.4) is 0 Å². The minimum absolute atomic E-state index is 0.168. The van der Waals surface area contributed by atoms with E-state index in [1.54, 1.807) is 24.3 Å². The van der Waals surface area contributed by atoms with Gasteiger partial charge in [0.25, 0.3) is 5.91 Å². The van der Waals surface area contributed by atoms with Gasteiger partial charge in [0.05, 0.1) is 6.61 Å². The number of rotatable bonds is 3. The van der Waals surface area contributed by atoms with Gasteiger partial charge in [-0.25, -0.2) is 0 Å². The molecule has 2 N–H and O–H groups in total. The molecule has 0 aliphatic carbocycles. The summed E-state index contributed by atoms with van der Waals surface area (Å²) in [7, 11) is 0. The Morgan fingerprint density at radius 3 is 2.70 bits per heavy atom. The van der Waals surface area contributed by atoms with E-state index >= 15 is 0 Å². The molecular weight excluding hydrogens is 312 g/mol. The van der Waals surface area contributed by atoms with Crippen LogP contribution in [-0.4, -0.2) is 25.1 Å². The number of hydrogen-bond donors (Lipinski definition) is 2. The number of nitrogens with one attached hydrogen (secondary N) is 2. The second-order valence-electron chi connectivity index (χ2n) is 6.13. The summed E-state index contributed by atoms with van der Waals surface area (Å²) in [5.74, 6) is -0.168. The molecule has 2 bridgehead atoms. The quantitative estimate of drug-likeness (QED) is 0.910. The summed E-state index contributed by atoms with van der Waals surface area (Å²) in [5.41, 5.74) is 2.27. The Labute approximate surface area is 139 Å². The van der Waals surface area contributed by atoms with Gasteiger partial charge in [-0.1, -0.05) is 29.8 Å². The van der Waals surface area contributed by atoms with E-state index in [9.17, 15) is 4.79 Å². The van der Waals surface area contributed by atoms with Crippen molar-refractivity contribution in [3.63, 3.8) is 0 Å². The highest BCUT2D eigenvalue weighted by Gasteiger charge is 2.47. The third-order valence-corrected chi connectivity index (χ3v) is 4.80. The van der Waals surface area contributed by atoms with Crippen molar-refractivity contribution in [2.75, 3.05) is 18.5 Å². The molecule has 5 heteroatoms. The smallest absolute Gasteiger partial charge is 0.255 e. The first-order valence-electron chi connectivity index (χ1n) is 7.69. The predicted molar refractivity (Wildman–Crippen MR) is 89.9 cm³/mol. The molecule has 2 saturated heterocycles. The number of benzene rings is 2. The molecule has 0 aromatic heterocycles. The molecule has 4 rings (SSSR count). The van der Waals surface area contributed by atoms with E-state index in [4.69, 9.17) is 16.3 Å². The topological polar surface area (TPSA) is 50.4 Å². The molecule has 0 spiro atoms. The average molecular weight is 329 g/mol. The molecule has 0 unspecified atom stereocenters. The monoisotopic (exact) mass is 328 g/mol. The van der Waals surface area contributed by atoms with Crippen molar-refractivity contribution < 1.29 is 9.53 Å². The van der Waals surface area contributed by atoms with E-state index in [2.05, 4.69) is 10.6 Å². The molecule has 23 heavy (non-hydrogen) atoms. The van der Waals surface area contributed by atoms with Crippen molar-refractivity contribution in [2.45, 2.75) is 18.1 Å². The van der Waals surface area contributed by atoms with E-state index in [1.807, 2.05) is 24.3 Å². The first-order valence-corrected chi connectivity index (χ1v) is 8.07. The number of morpholine rings is 1. The number of carbonyl (C=O) groups excluding carboxylic acids is 1. The summed E-state index contributed by atoms with van der Waals surface area (Å²) in [6.45, 7) is 1.62. The maximum atomic E-state index is 12.2. The summed E-state index contributed by atoms with van der Waals surface area (Å²) in [4.78, 5) is 12.2. The molecular formula is C18H17ClN2O2. The molecule has 1 amide bonds. The summed E-state index contributed by atoms with van der Waals surface area (Å²) >= 11 is 5.92. The number of halogens is 1. The highest BCUT2D eigenvalue weighted by Crippen LogP contribution is 2.40. The fourth-order valence-corrected chi connectivity index (χ4v) is 3.52. The van der Waals surface area contributed by atoms with Gasteiger partial charge in [0.1, 0.15) is 5.60 Å². The zero-order chi connectivity index (χ0) is 15.9. The van der Waals surface area contributed by atoms with E-state index < -0.39 is 0 Å². The zero-order valence-electron chi connectivity index (χ0n) is 12.5. The normalized spacial score (nSPS) is 25.5. The molecule has 2 aliphatic heterocycles. The van der Waals surface area contributed by atoms with Crippen molar-refractivity contribution in [3.05, 3.63) is 64.7 Å². The molecule has 118 valence electrons. The van der Waals surface area contributed by atoms with Crippen LogP contribution in [0, 0.1) is 0 Å². The molecule has 0 saturated carbocycles. The first-order chi connectivity index (χ1) is 11.1. The number of hydrogen-bond acceptors (Lipinski definition) is 3. The fraction of sp³-hybridized carbons (Fsp3) is 0.278. The summed E-state index contributed by atoms with van der Waals surface area (Å²) in [5, 5.41) is 6.90. The van der Waals surface area contributed by atoms with Crippen LogP contribution in [0.1, 0.15) is 22.3 Å². The zero-order valence-corrected chi connectivity index (χ0v) is 13.3. The van der Waals surface area contributed by atoms with Gasteiger partial charge in [-0.2, -0.15) is 0 Å². The number of amides is 1. The van der Waals surface area contributed by atoms with Crippen LogP contribution in [0.25, 0.3) is 0 Å². The summed E-state index contributed by atoms with van der Waals surface area (Å²) in [6.07, 6.45) is 1.02. The van der Waals surface area contributed by atoms with Crippen LogP contribution in [0.15, 0.2) is 48.5 Å². The first kappa shape index (κ1) is 14.7. The molecule has 2 atom stereocenters. The highest BCUT2D eigenvalue weighted by atomic mass is 35.5. The van der Waals surface area contributed by atoms with Gasteiger partial charge in [0, 0.05) is 28.9 Å². The van der Waals surface area contributed by atoms with E-state index in [1.165, 1.54) is 0 Å². The number of ether oxygens (including phenoxy) is 1. The number of anilines is 1. The van der Waals surface area contributed by atoms with Crippen LogP contribution >= 0.6 is 11.6 Å².